The first kappa shape index (κ1) is 20.1. The number of hydrogen-bond acceptors (Lipinski definition) is 4. The van der Waals surface area contributed by atoms with E-state index in [-0.39, 0.29) is 38.3 Å². The quantitative estimate of drug-likeness (QED) is 0.451. The van der Waals surface area contributed by atoms with Crippen LogP contribution >= 0.6 is 0 Å². The molecule has 1 fully saturated rings. The van der Waals surface area contributed by atoms with E-state index in [9.17, 15) is 9.90 Å². The summed E-state index contributed by atoms with van der Waals surface area (Å²) >= 11 is 0. The minimum atomic E-state index is -0.943. The number of imidazole rings is 1. The molecule has 1 aliphatic rings. The molecular formula is C22H19N4O2Y-. The van der Waals surface area contributed by atoms with E-state index in [0.29, 0.717) is 11.6 Å². The van der Waals surface area contributed by atoms with Gasteiger partial charge in [-0.25, -0.2) is 9.78 Å². The molecule has 1 radical (unpaired) electrons. The summed E-state index contributed by atoms with van der Waals surface area (Å²) in [4.78, 5) is 25.2. The van der Waals surface area contributed by atoms with Crippen molar-refractivity contribution in [3.8, 4) is 11.5 Å². The number of carbonyl (C=O) groups is 1. The summed E-state index contributed by atoms with van der Waals surface area (Å²) in [5.74, 6) is -0.152. The third kappa shape index (κ3) is 3.71. The number of carboxylic acid groups (broad SMARTS) is 1. The van der Waals surface area contributed by atoms with E-state index in [4.69, 9.17) is 9.97 Å². The fourth-order valence-corrected chi connectivity index (χ4v) is 4.15. The molecule has 3 aromatic heterocycles. The van der Waals surface area contributed by atoms with E-state index in [1.807, 2.05) is 24.3 Å². The molecule has 0 saturated heterocycles. The van der Waals surface area contributed by atoms with Gasteiger partial charge < -0.3 is 14.7 Å². The Morgan fingerprint density at radius 3 is 2.62 bits per heavy atom. The van der Waals surface area contributed by atoms with Crippen molar-refractivity contribution in [3.05, 3.63) is 54.2 Å². The van der Waals surface area contributed by atoms with Gasteiger partial charge in [-0.3, -0.25) is 4.98 Å². The zero-order valence-corrected chi connectivity index (χ0v) is 18.7. The van der Waals surface area contributed by atoms with E-state index in [1.54, 1.807) is 18.2 Å². The summed E-state index contributed by atoms with van der Waals surface area (Å²) in [5.41, 5.74) is 4.28. The van der Waals surface area contributed by atoms with Gasteiger partial charge in [0.15, 0.2) is 5.82 Å². The molecule has 143 valence electrons. The Labute approximate surface area is 193 Å². The van der Waals surface area contributed by atoms with Crippen LogP contribution in [0.4, 0.5) is 0 Å². The van der Waals surface area contributed by atoms with Gasteiger partial charge in [0.05, 0.1) is 16.6 Å². The molecule has 0 atom stereocenters. The molecule has 0 aliphatic heterocycles. The minimum Gasteiger partial charge on any atom is -0.478 e. The molecule has 1 aromatic carbocycles. The fourth-order valence-electron chi connectivity index (χ4n) is 4.15. The van der Waals surface area contributed by atoms with Gasteiger partial charge in [-0.1, -0.05) is 31.5 Å². The third-order valence-electron chi connectivity index (χ3n) is 5.51. The average Bonchev–Trinajstić information content (AvgIpc) is 3.12. The van der Waals surface area contributed by atoms with Crippen molar-refractivity contribution in [1.29, 1.82) is 0 Å². The van der Waals surface area contributed by atoms with Gasteiger partial charge in [0.2, 0.25) is 0 Å². The molecule has 1 N–H and O–H groups in total. The molecule has 0 unspecified atom stereocenters. The average molecular weight is 460 g/mol. The summed E-state index contributed by atoms with van der Waals surface area (Å²) < 4.78 is 2.26. The van der Waals surface area contributed by atoms with Crippen molar-refractivity contribution >= 4 is 28.0 Å². The molecular weight excluding hydrogens is 441 g/mol. The third-order valence-corrected chi connectivity index (χ3v) is 5.51. The maximum atomic E-state index is 11.4. The first-order valence-corrected chi connectivity index (χ1v) is 9.60. The van der Waals surface area contributed by atoms with Crippen LogP contribution in [-0.4, -0.2) is 30.6 Å². The first-order chi connectivity index (χ1) is 13.7. The van der Waals surface area contributed by atoms with Crippen LogP contribution in [0.25, 0.3) is 33.6 Å². The summed E-state index contributed by atoms with van der Waals surface area (Å²) in [7, 11) is 0. The van der Waals surface area contributed by atoms with Gasteiger partial charge in [0, 0.05) is 38.8 Å². The normalized spacial score (nSPS) is 14.8. The number of rotatable bonds is 3. The Morgan fingerprint density at radius 1 is 1.00 bits per heavy atom. The molecule has 4 aromatic rings. The number of pyridine rings is 2. The Bertz CT molecular complexity index is 1200. The van der Waals surface area contributed by atoms with Gasteiger partial charge in [-0.2, -0.15) is 6.07 Å². The second-order valence-electron chi connectivity index (χ2n) is 7.28. The van der Waals surface area contributed by atoms with Crippen molar-refractivity contribution in [2.75, 3.05) is 0 Å². The van der Waals surface area contributed by atoms with E-state index in [2.05, 4.69) is 15.7 Å². The maximum Gasteiger partial charge on any atom is 0.335 e. The predicted octanol–water partition coefficient (Wildman–Crippen LogP) is 4.65. The van der Waals surface area contributed by atoms with Crippen LogP contribution in [-0.2, 0) is 32.7 Å². The Hall–Kier alpha value is -2.18. The van der Waals surface area contributed by atoms with Crippen molar-refractivity contribution in [3.63, 3.8) is 0 Å². The van der Waals surface area contributed by atoms with Crippen LogP contribution in [0.2, 0.25) is 0 Å². The Balaban J connectivity index is 0.00000205. The van der Waals surface area contributed by atoms with Crippen molar-refractivity contribution in [2.45, 2.75) is 38.1 Å². The zero-order chi connectivity index (χ0) is 19.1. The number of benzene rings is 1. The molecule has 1 saturated carbocycles. The molecule has 3 heterocycles. The monoisotopic (exact) mass is 460 g/mol. The van der Waals surface area contributed by atoms with E-state index >= 15 is 0 Å². The molecule has 7 heteroatoms. The number of aromatic carboxylic acids is 1. The topological polar surface area (TPSA) is 80.9 Å². The summed E-state index contributed by atoms with van der Waals surface area (Å²) in [6.45, 7) is 0. The summed E-state index contributed by atoms with van der Waals surface area (Å²) in [6, 6.07) is 13.0. The van der Waals surface area contributed by atoms with E-state index in [1.165, 1.54) is 19.3 Å². The number of hydrogen-bond donors (Lipinski definition) is 1. The molecule has 6 nitrogen and oxygen atoms in total. The van der Waals surface area contributed by atoms with Crippen molar-refractivity contribution in [1.82, 2.24) is 19.5 Å². The van der Waals surface area contributed by atoms with E-state index in [0.717, 1.165) is 40.9 Å². The smallest absolute Gasteiger partial charge is 0.335 e. The summed E-state index contributed by atoms with van der Waals surface area (Å²) in [6.07, 6.45) is 8.68. The van der Waals surface area contributed by atoms with Crippen molar-refractivity contribution < 1.29 is 42.6 Å². The molecule has 5 rings (SSSR count). The zero-order valence-electron chi connectivity index (χ0n) is 15.9. The SMILES string of the molecule is O=C(O)c1ccc2c(c1)nc(-c1ccc3n[c-]ccc3n1)n2C1CCCCC1.[Y]. The second kappa shape index (κ2) is 8.29. The number of aromatic nitrogens is 4. The van der Waals surface area contributed by atoms with Crippen LogP contribution in [0, 0.1) is 6.20 Å². The number of carboxylic acids is 1. The van der Waals surface area contributed by atoms with Crippen LogP contribution in [0.3, 0.4) is 0 Å². The van der Waals surface area contributed by atoms with Crippen LogP contribution in [0.15, 0.2) is 42.5 Å². The summed E-state index contributed by atoms with van der Waals surface area (Å²) in [5, 5.41) is 9.35. The van der Waals surface area contributed by atoms with Gasteiger partial charge in [0.1, 0.15) is 5.69 Å². The minimum absolute atomic E-state index is 0. The van der Waals surface area contributed by atoms with Gasteiger partial charge in [-0.05, 0) is 48.1 Å². The number of fused-ring (bicyclic) bond motifs is 2. The predicted molar refractivity (Wildman–Crippen MR) is 106 cm³/mol. The maximum absolute atomic E-state index is 11.4. The van der Waals surface area contributed by atoms with E-state index < -0.39 is 5.97 Å². The molecule has 29 heavy (non-hydrogen) atoms. The molecule has 0 bridgehead atoms. The standard InChI is InChI=1S/C22H19N4O2.Y/c27-22(28)14-8-11-20-19(13-14)25-21(26(20)15-5-2-1-3-6-15)18-10-9-16-17(24-18)7-4-12-23-16;/h4,7-11,13,15H,1-3,5-6H2,(H,27,28);/q-1;. The molecule has 1 aliphatic carbocycles. The number of nitrogens with zero attached hydrogens (tertiary/aromatic N) is 4. The Morgan fingerprint density at radius 2 is 1.83 bits per heavy atom. The molecule has 0 spiro atoms. The first-order valence-electron chi connectivity index (χ1n) is 9.60. The van der Waals surface area contributed by atoms with Crippen LogP contribution < -0.4 is 0 Å². The molecule has 0 amide bonds. The van der Waals surface area contributed by atoms with Gasteiger partial charge in [-0.15, -0.1) is 6.07 Å². The Kier molecular flexibility index (Phi) is 5.75. The van der Waals surface area contributed by atoms with Gasteiger partial charge >= 0.3 is 5.97 Å². The van der Waals surface area contributed by atoms with Crippen LogP contribution in [0.5, 0.6) is 0 Å². The van der Waals surface area contributed by atoms with Crippen molar-refractivity contribution in [2.24, 2.45) is 0 Å². The van der Waals surface area contributed by atoms with Gasteiger partial charge in [0.25, 0.3) is 0 Å². The second-order valence-corrected chi connectivity index (χ2v) is 7.28. The fraction of sp³-hybridized carbons (Fsp3) is 0.273. The largest absolute Gasteiger partial charge is 0.478 e. The van der Waals surface area contributed by atoms with Crippen LogP contribution in [0.1, 0.15) is 48.5 Å².